The van der Waals surface area contributed by atoms with E-state index in [4.69, 9.17) is 0 Å². The first-order chi connectivity index (χ1) is 6.59. The zero-order valence-corrected chi connectivity index (χ0v) is 7.88. The summed E-state index contributed by atoms with van der Waals surface area (Å²) in [7, 11) is 0. The highest BCUT2D eigenvalue weighted by Crippen LogP contribution is 2.17. The molecule has 0 saturated carbocycles. The van der Waals surface area contributed by atoms with E-state index >= 15 is 0 Å². The molecule has 1 amide bonds. The molecule has 0 spiro atoms. The number of hydrogen-bond acceptors (Lipinski definition) is 2. The van der Waals surface area contributed by atoms with Crippen molar-refractivity contribution in [3.8, 4) is 5.75 Å². The van der Waals surface area contributed by atoms with Crippen LogP contribution in [0.2, 0.25) is 0 Å². The van der Waals surface area contributed by atoms with Crippen LogP contribution in [0.3, 0.4) is 0 Å². The lowest BCUT2D eigenvalue weighted by atomic mass is 10.1. The Balaban J connectivity index is 2.57. The second-order valence-corrected chi connectivity index (χ2v) is 3.01. The van der Waals surface area contributed by atoms with Gasteiger partial charge < -0.3 is 10.4 Å². The van der Waals surface area contributed by atoms with Gasteiger partial charge in [-0.25, -0.2) is 4.39 Å². The third kappa shape index (κ3) is 3.05. The summed E-state index contributed by atoms with van der Waals surface area (Å²) in [5.41, 5.74) is 0.499. The largest absolute Gasteiger partial charge is 0.508 e. The van der Waals surface area contributed by atoms with Crippen molar-refractivity contribution in [3.05, 3.63) is 29.6 Å². The first-order valence-corrected chi connectivity index (χ1v) is 4.31. The molecule has 1 aromatic rings. The van der Waals surface area contributed by atoms with Gasteiger partial charge in [0, 0.05) is 13.5 Å². The summed E-state index contributed by atoms with van der Waals surface area (Å²) >= 11 is 0. The fourth-order valence-electron chi connectivity index (χ4n) is 1.13. The highest BCUT2D eigenvalue weighted by Gasteiger charge is 2.02. The minimum absolute atomic E-state index is 0.0525. The maximum Gasteiger partial charge on any atom is 0.216 e. The summed E-state index contributed by atoms with van der Waals surface area (Å²) < 4.78 is 12.7. The number of nitrogens with one attached hydrogen (secondary N) is 1. The van der Waals surface area contributed by atoms with Gasteiger partial charge in [-0.3, -0.25) is 4.79 Å². The molecule has 0 unspecified atom stereocenters. The van der Waals surface area contributed by atoms with E-state index in [1.807, 2.05) is 0 Å². The third-order valence-electron chi connectivity index (χ3n) is 1.81. The molecule has 4 heteroatoms. The van der Waals surface area contributed by atoms with Crippen LogP contribution >= 0.6 is 0 Å². The van der Waals surface area contributed by atoms with Crippen LogP contribution < -0.4 is 5.32 Å². The Morgan fingerprint density at radius 3 is 2.93 bits per heavy atom. The number of benzene rings is 1. The summed E-state index contributed by atoms with van der Waals surface area (Å²) in [6, 6.07) is 3.76. The first kappa shape index (κ1) is 10.5. The van der Waals surface area contributed by atoms with Crippen LogP contribution in [0.15, 0.2) is 18.2 Å². The molecule has 0 atom stereocenters. The van der Waals surface area contributed by atoms with Crippen molar-refractivity contribution < 1.29 is 14.3 Å². The molecule has 1 aromatic carbocycles. The Morgan fingerprint density at radius 2 is 2.29 bits per heavy atom. The molecule has 2 N–H and O–H groups in total. The number of carbonyl (C=O) groups is 1. The zero-order valence-electron chi connectivity index (χ0n) is 7.88. The second-order valence-electron chi connectivity index (χ2n) is 3.01. The van der Waals surface area contributed by atoms with Crippen LogP contribution in [-0.2, 0) is 11.2 Å². The van der Waals surface area contributed by atoms with Crippen molar-refractivity contribution in [2.24, 2.45) is 0 Å². The fourth-order valence-corrected chi connectivity index (χ4v) is 1.13. The quantitative estimate of drug-likeness (QED) is 0.765. The summed E-state index contributed by atoms with van der Waals surface area (Å²) in [5.74, 6) is -0.474. The maximum atomic E-state index is 12.7. The Labute approximate surface area is 81.6 Å². The van der Waals surface area contributed by atoms with E-state index < -0.39 is 0 Å². The molecule has 3 nitrogen and oxygen atoms in total. The molecule has 0 saturated heterocycles. The van der Waals surface area contributed by atoms with E-state index in [1.54, 1.807) is 0 Å². The minimum Gasteiger partial charge on any atom is -0.508 e. The predicted molar refractivity (Wildman–Crippen MR) is 50.5 cm³/mol. The van der Waals surface area contributed by atoms with E-state index in [9.17, 15) is 14.3 Å². The van der Waals surface area contributed by atoms with Crippen LogP contribution in [0, 0.1) is 5.82 Å². The summed E-state index contributed by atoms with van der Waals surface area (Å²) in [6.45, 7) is 1.80. The van der Waals surface area contributed by atoms with Gasteiger partial charge >= 0.3 is 0 Å². The topological polar surface area (TPSA) is 49.3 Å². The van der Waals surface area contributed by atoms with Gasteiger partial charge in [0.1, 0.15) is 11.6 Å². The Bertz CT molecular complexity index is 339. The van der Waals surface area contributed by atoms with E-state index in [1.165, 1.54) is 25.1 Å². The smallest absolute Gasteiger partial charge is 0.216 e. The number of halogens is 1. The molecular formula is C10H12FNO2. The third-order valence-corrected chi connectivity index (χ3v) is 1.81. The number of hydrogen-bond donors (Lipinski definition) is 2. The lowest BCUT2D eigenvalue weighted by molar-refractivity contribution is -0.118. The minimum atomic E-state index is -0.388. The van der Waals surface area contributed by atoms with Gasteiger partial charge in [-0.2, -0.15) is 0 Å². The number of phenolic OH excluding ortho intramolecular Hbond substituents is 1. The van der Waals surface area contributed by atoms with Crippen LogP contribution in [0.1, 0.15) is 12.5 Å². The SMILES string of the molecule is CC(=O)NCCc1cc(F)ccc1O. The van der Waals surface area contributed by atoms with Crippen molar-refractivity contribution >= 4 is 5.91 Å². The van der Waals surface area contributed by atoms with Gasteiger partial charge in [-0.05, 0) is 30.2 Å². The second kappa shape index (κ2) is 4.60. The normalized spacial score (nSPS) is 9.86. The van der Waals surface area contributed by atoms with Gasteiger partial charge in [0.2, 0.25) is 5.91 Å². The molecule has 0 bridgehead atoms. The standard InChI is InChI=1S/C10H12FNO2/c1-7(13)12-5-4-8-6-9(11)2-3-10(8)14/h2-3,6,14H,4-5H2,1H3,(H,12,13). The highest BCUT2D eigenvalue weighted by molar-refractivity contribution is 5.72. The molecule has 0 radical (unpaired) electrons. The predicted octanol–water partition coefficient (Wildman–Crippen LogP) is 1.21. The van der Waals surface area contributed by atoms with E-state index in [2.05, 4.69) is 5.32 Å². The van der Waals surface area contributed by atoms with Gasteiger partial charge in [0.25, 0.3) is 0 Å². The van der Waals surface area contributed by atoms with E-state index in [-0.39, 0.29) is 17.5 Å². The first-order valence-electron chi connectivity index (χ1n) is 4.31. The van der Waals surface area contributed by atoms with E-state index in [0.717, 1.165) is 0 Å². The number of rotatable bonds is 3. The van der Waals surface area contributed by atoms with Crippen molar-refractivity contribution in [1.82, 2.24) is 5.32 Å². The van der Waals surface area contributed by atoms with Crippen LogP contribution in [-0.4, -0.2) is 17.6 Å². The Morgan fingerprint density at radius 1 is 1.57 bits per heavy atom. The fraction of sp³-hybridized carbons (Fsp3) is 0.300. The lowest BCUT2D eigenvalue weighted by Gasteiger charge is -2.04. The molecule has 14 heavy (non-hydrogen) atoms. The molecular weight excluding hydrogens is 185 g/mol. The van der Waals surface area contributed by atoms with Crippen molar-refractivity contribution in [2.75, 3.05) is 6.54 Å². The van der Waals surface area contributed by atoms with Crippen LogP contribution in [0.5, 0.6) is 5.75 Å². The van der Waals surface area contributed by atoms with Gasteiger partial charge in [0.05, 0.1) is 0 Å². The van der Waals surface area contributed by atoms with E-state index in [0.29, 0.717) is 18.5 Å². The average Bonchev–Trinajstić information content (AvgIpc) is 2.10. The van der Waals surface area contributed by atoms with Crippen LogP contribution in [0.25, 0.3) is 0 Å². The molecule has 0 aliphatic rings. The number of carbonyl (C=O) groups excluding carboxylic acids is 1. The molecule has 76 valence electrons. The van der Waals surface area contributed by atoms with Crippen molar-refractivity contribution in [3.63, 3.8) is 0 Å². The molecule has 0 aliphatic carbocycles. The average molecular weight is 197 g/mol. The molecule has 0 heterocycles. The highest BCUT2D eigenvalue weighted by atomic mass is 19.1. The number of amides is 1. The number of phenols is 1. The lowest BCUT2D eigenvalue weighted by Crippen LogP contribution is -2.22. The molecule has 0 aromatic heterocycles. The maximum absolute atomic E-state index is 12.7. The number of aromatic hydroxyl groups is 1. The Kier molecular flexibility index (Phi) is 3.45. The van der Waals surface area contributed by atoms with Gasteiger partial charge in [0.15, 0.2) is 0 Å². The monoisotopic (exact) mass is 197 g/mol. The molecule has 0 fully saturated rings. The van der Waals surface area contributed by atoms with Crippen LogP contribution in [0.4, 0.5) is 4.39 Å². The Hall–Kier alpha value is -1.58. The molecule has 1 rings (SSSR count). The van der Waals surface area contributed by atoms with Crippen molar-refractivity contribution in [1.29, 1.82) is 0 Å². The zero-order chi connectivity index (χ0) is 10.6. The molecule has 0 aliphatic heterocycles. The summed E-state index contributed by atoms with van der Waals surface area (Å²) in [4.78, 5) is 10.5. The van der Waals surface area contributed by atoms with Crippen molar-refractivity contribution in [2.45, 2.75) is 13.3 Å². The summed E-state index contributed by atoms with van der Waals surface area (Å²) in [6.07, 6.45) is 0.420. The van der Waals surface area contributed by atoms with Gasteiger partial charge in [-0.1, -0.05) is 0 Å². The van der Waals surface area contributed by atoms with Gasteiger partial charge in [-0.15, -0.1) is 0 Å². The summed E-state index contributed by atoms with van der Waals surface area (Å²) in [5, 5.41) is 11.9.